The van der Waals surface area contributed by atoms with E-state index >= 15 is 0 Å². The predicted molar refractivity (Wildman–Crippen MR) is 70.1 cm³/mol. The maximum absolute atomic E-state index is 12.1. The van der Waals surface area contributed by atoms with E-state index < -0.39 is 12.2 Å². The molecular formula is C14H23NO4. The second-order valence-corrected chi connectivity index (χ2v) is 5.59. The first-order chi connectivity index (χ1) is 9.18. The molecule has 0 aliphatic heterocycles. The van der Waals surface area contributed by atoms with E-state index in [-0.39, 0.29) is 12.1 Å². The Morgan fingerprint density at radius 1 is 0.895 bits per heavy atom. The normalized spacial score (nSPS) is 21.9. The van der Waals surface area contributed by atoms with Crippen molar-refractivity contribution in [3.05, 3.63) is 0 Å². The highest BCUT2D eigenvalue weighted by atomic mass is 16.6. The molecule has 1 N–H and O–H groups in total. The molecule has 0 atom stereocenters. The number of carbonyl (C=O) groups excluding carboxylic acids is 1. The largest absolute Gasteiger partial charge is 0.465 e. The molecule has 2 saturated carbocycles. The van der Waals surface area contributed by atoms with E-state index in [4.69, 9.17) is 4.74 Å². The van der Waals surface area contributed by atoms with Crippen molar-refractivity contribution in [2.75, 3.05) is 0 Å². The van der Waals surface area contributed by atoms with Crippen molar-refractivity contribution < 1.29 is 19.4 Å². The second kappa shape index (κ2) is 6.78. The number of hydrogen-bond acceptors (Lipinski definition) is 3. The summed E-state index contributed by atoms with van der Waals surface area (Å²) in [5.41, 5.74) is 0. The fraction of sp³-hybridized carbons (Fsp3) is 0.857. The molecule has 5 heteroatoms. The zero-order valence-corrected chi connectivity index (χ0v) is 11.3. The van der Waals surface area contributed by atoms with Crippen LogP contribution in [-0.4, -0.2) is 34.3 Å². The van der Waals surface area contributed by atoms with Crippen LogP contribution in [0.2, 0.25) is 0 Å². The van der Waals surface area contributed by atoms with Gasteiger partial charge >= 0.3 is 12.2 Å². The highest BCUT2D eigenvalue weighted by Gasteiger charge is 2.33. The summed E-state index contributed by atoms with van der Waals surface area (Å²) in [6.45, 7) is 0. The Kier molecular flexibility index (Phi) is 5.05. The summed E-state index contributed by atoms with van der Waals surface area (Å²) in [6.07, 6.45) is 7.76. The number of ether oxygens (including phenoxy) is 1. The minimum absolute atomic E-state index is 0.0910. The summed E-state index contributed by atoms with van der Waals surface area (Å²) in [4.78, 5) is 24.3. The molecule has 19 heavy (non-hydrogen) atoms. The first kappa shape index (κ1) is 14.2. The number of imide groups is 1. The van der Waals surface area contributed by atoms with Gasteiger partial charge in [-0.05, 0) is 38.5 Å². The van der Waals surface area contributed by atoms with Gasteiger partial charge in [-0.25, -0.2) is 14.5 Å². The number of carbonyl (C=O) groups is 2. The number of rotatable bonds is 2. The minimum atomic E-state index is -1.17. The number of nitrogens with zero attached hydrogens (tertiary/aromatic N) is 1. The van der Waals surface area contributed by atoms with Gasteiger partial charge < -0.3 is 9.84 Å². The Morgan fingerprint density at radius 2 is 1.42 bits per heavy atom. The zero-order chi connectivity index (χ0) is 13.7. The smallest absolute Gasteiger partial charge is 0.419 e. The molecule has 0 radical (unpaired) electrons. The molecule has 0 aromatic heterocycles. The molecule has 0 unspecified atom stereocenters. The third-order valence-corrected chi connectivity index (χ3v) is 4.16. The summed E-state index contributed by atoms with van der Waals surface area (Å²) < 4.78 is 5.37. The van der Waals surface area contributed by atoms with E-state index in [9.17, 15) is 14.7 Å². The third-order valence-electron chi connectivity index (χ3n) is 4.16. The lowest BCUT2D eigenvalue weighted by molar-refractivity contribution is 0.0331. The number of carboxylic acid groups (broad SMARTS) is 1. The molecule has 0 spiro atoms. The second-order valence-electron chi connectivity index (χ2n) is 5.59. The highest BCUT2D eigenvalue weighted by molar-refractivity contribution is 5.87. The minimum Gasteiger partial charge on any atom is -0.465 e. The Labute approximate surface area is 113 Å². The van der Waals surface area contributed by atoms with Crippen LogP contribution in [0, 0.1) is 0 Å². The lowest BCUT2D eigenvalue weighted by atomic mass is 9.94. The van der Waals surface area contributed by atoms with Crippen molar-refractivity contribution >= 4 is 12.2 Å². The Bertz CT molecular complexity index is 319. The van der Waals surface area contributed by atoms with E-state index in [0.29, 0.717) is 0 Å². The SMILES string of the molecule is O=C(O)N(C(=O)OC1CCCCC1)C1CCCCC1. The van der Waals surface area contributed by atoms with Crippen LogP contribution in [0.25, 0.3) is 0 Å². The maximum Gasteiger partial charge on any atom is 0.419 e. The molecular weight excluding hydrogens is 246 g/mol. The predicted octanol–water partition coefficient (Wildman–Crippen LogP) is 3.77. The van der Waals surface area contributed by atoms with Crippen LogP contribution < -0.4 is 0 Å². The average Bonchev–Trinajstić information content (AvgIpc) is 2.40. The van der Waals surface area contributed by atoms with Crippen LogP contribution in [-0.2, 0) is 4.74 Å². The summed E-state index contributed by atoms with van der Waals surface area (Å²) in [6, 6.07) is -0.192. The molecule has 0 heterocycles. The quantitative estimate of drug-likeness (QED) is 0.828. The molecule has 2 fully saturated rings. The van der Waals surface area contributed by atoms with Gasteiger partial charge in [0.1, 0.15) is 6.10 Å². The lowest BCUT2D eigenvalue weighted by Gasteiger charge is -2.31. The Morgan fingerprint density at radius 3 is 1.95 bits per heavy atom. The zero-order valence-electron chi connectivity index (χ0n) is 11.3. The molecule has 108 valence electrons. The summed E-state index contributed by atoms with van der Waals surface area (Å²) in [7, 11) is 0. The molecule has 0 aromatic carbocycles. The van der Waals surface area contributed by atoms with Gasteiger partial charge in [-0.2, -0.15) is 0 Å². The van der Waals surface area contributed by atoms with Crippen molar-refractivity contribution in [2.24, 2.45) is 0 Å². The van der Waals surface area contributed by atoms with Gasteiger partial charge in [0, 0.05) is 6.04 Å². The number of hydrogen-bond donors (Lipinski definition) is 1. The van der Waals surface area contributed by atoms with Crippen molar-refractivity contribution in [3.63, 3.8) is 0 Å². The fourth-order valence-corrected chi connectivity index (χ4v) is 3.10. The molecule has 2 aliphatic rings. The van der Waals surface area contributed by atoms with Crippen LogP contribution in [0.1, 0.15) is 64.2 Å². The van der Waals surface area contributed by atoms with Crippen molar-refractivity contribution in [1.82, 2.24) is 4.90 Å². The van der Waals surface area contributed by atoms with E-state index in [1.165, 1.54) is 6.42 Å². The molecule has 0 aromatic rings. The first-order valence-electron chi connectivity index (χ1n) is 7.41. The van der Waals surface area contributed by atoms with Gasteiger partial charge in [0.25, 0.3) is 0 Å². The van der Waals surface area contributed by atoms with Crippen LogP contribution in [0.3, 0.4) is 0 Å². The van der Waals surface area contributed by atoms with Gasteiger partial charge in [-0.1, -0.05) is 25.7 Å². The summed E-state index contributed by atoms with van der Waals surface area (Å²) >= 11 is 0. The Hall–Kier alpha value is -1.26. The van der Waals surface area contributed by atoms with Crippen molar-refractivity contribution in [1.29, 1.82) is 0 Å². The Balaban J connectivity index is 1.93. The molecule has 0 saturated heterocycles. The molecule has 2 amide bonds. The fourth-order valence-electron chi connectivity index (χ4n) is 3.10. The van der Waals surface area contributed by atoms with E-state index in [1.807, 2.05) is 0 Å². The van der Waals surface area contributed by atoms with E-state index in [1.54, 1.807) is 0 Å². The van der Waals surface area contributed by atoms with E-state index in [0.717, 1.165) is 62.7 Å². The average molecular weight is 269 g/mol. The van der Waals surface area contributed by atoms with Crippen molar-refractivity contribution in [2.45, 2.75) is 76.4 Å². The van der Waals surface area contributed by atoms with E-state index in [2.05, 4.69) is 0 Å². The van der Waals surface area contributed by atoms with Crippen LogP contribution in [0.4, 0.5) is 9.59 Å². The molecule has 2 rings (SSSR count). The third kappa shape index (κ3) is 3.85. The maximum atomic E-state index is 12.1. The topological polar surface area (TPSA) is 66.8 Å². The number of amides is 2. The summed E-state index contributed by atoms with van der Waals surface area (Å²) in [5.74, 6) is 0. The van der Waals surface area contributed by atoms with Gasteiger partial charge in [0.05, 0.1) is 0 Å². The monoisotopic (exact) mass is 269 g/mol. The molecule has 2 aliphatic carbocycles. The van der Waals surface area contributed by atoms with Crippen LogP contribution >= 0.6 is 0 Å². The molecule has 0 bridgehead atoms. The van der Waals surface area contributed by atoms with Gasteiger partial charge in [-0.15, -0.1) is 0 Å². The van der Waals surface area contributed by atoms with Gasteiger partial charge in [0.2, 0.25) is 0 Å². The lowest BCUT2D eigenvalue weighted by Crippen LogP contribution is -2.46. The van der Waals surface area contributed by atoms with Gasteiger partial charge in [-0.3, -0.25) is 0 Å². The summed E-state index contributed by atoms with van der Waals surface area (Å²) in [5, 5.41) is 9.25. The first-order valence-corrected chi connectivity index (χ1v) is 7.41. The highest BCUT2D eigenvalue weighted by Crippen LogP contribution is 2.25. The van der Waals surface area contributed by atoms with Crippen LogP contribution in [0.5, 0.6) is 0 Å². The standard InChI is InChI=1S/C14H23NO4/c16-13(17)15(11-7-3-1-4-8-11)14(18)19-12-9-5-2-6-10-12/h11-12H,1-10H2,(H,16,17). The van der Waals surface area contributed by atoms with Crippen molar-refractivity contribution in [3.8, 4) is 0 Å². The van der Waals surface area contributed by atoms with Gasteiger partial charge in [0.15, 0.2) is 0 Å². The molecule has 5 nitrogen and oxygen atoms in total. The van der Waals surface area contributed by atoms with Crippen LogP contribution in [0.15, 0.2) is 0 Å².